The summed E-state index contributed by atoms with van der Waals surface area (Å²) in [6.07, 6.45) is 23.2. The number of aliphatic carboxylic acids is 2. The monoisotopic (exact) mass is 406 g/mol. The van der Waals surface area contributed by atoms with Crippen LogP contribution in [0.3, 0.4) is 0 Å². The minimum Gasteiger partial charge on any atom is -0.543 e. The van der Waals surface area contributed by atoms with E-state index in [1.165, 1.54) is 103 Å². The van der Waals surface area contributed by atoms with Gasteiger partial charge in [0.1, 0.15) is 0 Å². The van der Waals surface area contributed by atoms with Gasteiger partial charge in [0, 0.05) is 21.7 Å². The van der Waals surface area contributed by atoms with Gasteiger partial charge >= 0.3 is 0 Å². The number of quaternary nitrogens is 1. The van der Waals surface area contributed by atoms with Crippen LogP contribution in [0, 0.1) is 0 Å². The van der Waals surface area contributed by atoms with Crippen molar-refractivity contribution in [2.75, 3.05) is 6.54 Å². The third-order valence-corrected chi connectivity index (χ3v) is 4.27. The molecule has 0 radical (unpaired) electrons. The predicted molar refractivity (Wildman–Crippen MR) is 97.3 cm³/mol. The van der Waals surface area contributed by atoms with Gasteiger partial charge in [0.15, 0.2) is 0 Å². The Balaban J connectivity index is -0.000000649. The zero-order valence-electron chi connectivity index (χ0n) is 16.9. The number of hydrogen-bond donors (Lipinski definition) is 1. The molecule has 0 saturated carbocycles. The minimum atomic E-state index is -2.19. The van der Waals surface area contributed by atoms with Crippen LogP contribution >= 0.6 is 0 Å². The van der Waals surface area contributed by atoms with Crippen LogP contribution in [0.25, 0.3) is 0 Å². The van der Waals surface area contributed by atoms with Crippen molar-refractivity contribution in [1.82, 2.24) is 0 Å². The Labute approximate surface area is 175 Å². The number of hydrogen-bond acceptors (Lipinski definition) is 4. The summed E-state index contributed by atoms with van der Waals surface area (Å²) in [5, 5.41) is 17.9. The summed E-state index contributed by atoms with van der Waals surface area (Å²) in [6.45, 7) is 3.42. The number of unbranched alkanes of at least 4 members (excludes halogenated alkanes) is 15. The van der Waals surface area contributed by atoms with Crippen molar-refractivity contribution in [3.63, 3.8) is 0 Å². The Morgan fingerprint density at radius 3 is 1.00 bits per heavy atom. The van der Waals surface area contributed by atoms with Crippen LogP contribution in [0.4, 0.5) is 0 Å². The molecule has 0 saturated heterocycles. The van der Waals surface area contributed by atoms with Crippen molar-refractivity contribution >= 4 is 11.9 Å². The van der Waals surface area contributed by atoms with Gasteiger partial charge in [-0.1, -0.05) is 96.8 Å². The maximum atomic E-state index is 8.93. The summed E-state index contributed by atoms with van der Waals surface area (Å²) >= 11 is 0. The van der Waals surface area contributed by atoms with Crippen LogP contribution in [-0.2, 0) is 31.3 Å². The van der Waals surface area contributed by atoms with Crippen LogP contribution in [0.2, 0.25) is 0 Å². The molecular weight excluding hydrogens is 366 g/mol. The predicted octanol–water partition coefficient (Wildman–Crippen LogP) is 1.97. The standard InChI is InChI=1S/C18H39N.C2H2O4.Ti/c1-2-3-4-5-6-7-8-9-10-11-12-13-14-15-16-17-18-19;3-1(4)2(5)6;/h2-19H2,1H3;(H,3,4)(H,5,6);/p-1. The topological polar surface area (TPSA) is 108 Å². The second kappa shape index (κ2) is 26.8. The molecular formula is C20H40NO4Ti-. The molecule has 0 amide bonds. The number of carboxylic acids is 2. The summed E-state index contributed by atoms with van der Waals surface area (Å²) in [6, 6.07) is 0. The normalized spacial score (nSPS) is 9.77. The molecule has 3 N–H and O–H groups in total. The largest absolute Gasteiger partial charge is 0.543 e. The first-order valence-corrected chi connectivity index (χ1v) is 10.3. The summed E-state index contributed by atoms with van der Waals surface area (Å²) in [5.74, 6) is -4.37. The zero-order chi connectivity index (χ0) is 19.2. The van der Waals surface area contributed by atoms with Crippen molar-refractivity contribution in [2.24, 2.45) is 0 Å². The molecule has 0 atom stereocenters. The molecule has 0 unspecified atom stereocenters. The van der Waals surface area contributed by atoms with E-state index in [-0.39, 0.29) is 21.7 Å². The summed E-state index contributed by atoms with van der Waals surface area (Å²) < 4.78 is 0. The Kier molecular flexibility index (Phi) is 31.3. The average Bonchev–Trinajstić information content (AvgIpc) is 2.59. The van der Waals surface area contributed by atoms with E-state index in [9.17, 15) is 0 Å². The molecule has 0 aromatic heterocycles. The first kappa shape index (κ1) is 30.3. The third-order valence-electron chi connectivity index (χ3n) is 4.27. The summed E-state index contributed by atoms with van der Waals surface area (Å²) in [4.78, 5) is 17.9. The third kappa shape index (κ3) is 31.4. The van der Waals surface area contributed by atoms with Gasteiger partial charge in [-0.15, -0.1) is 0 Å². The fraction of sp³-hybridized carbons (Fsp3) is 0.900. The van der Waals surface area contributed by atoms with Gasteiger partial charge in [0.05, 0.1) is 18.5 Å². The second-order valence-electron chi connectivity index (χ2n) is 6.73. The van der Waals surface area contributed by atoms with Gasteiger partial charge in [-0.3, -0.25) is 0 Å². The van der Waals surface area contributed by atoms with Gasteiger partial charge in [-0.2, -0.15) is 0 Å². The van der Waals surface area contributed by atoms with Crippen LogP contribution in [0.5, 0.6) is 0 Å². The molecule has 0 aromatic carbocycles. The Hall–Kier alpha value is -0.386. The van der Waals surface area contributed by atoms with Crippen LogP contribution in [-0.4, -0.2) is 18.5 Å². The zero-order valence-corrected chi connectivity index (χ0v) is 18.4. The second-order valence-corrected chi connectivity index (χ2v) is 6.73. The molecule has 5 nitrogen and oxygen atoms in total. The molecule has 0 aliphatic heterocycles. The van der Waals surface area contributed by atoms with Gasteiger partial charge in [-0.25, -0.2) is 0 Å². The van der Waals surface area contributed by atoms with Gasteiger partial charge in [0.2, 0.25) is 0 Å². The molecule has 0 aromatic rings. The number of carboxylic acid groups (broad SMARTS) is 2. The number of carbonyl (C=O) groups is 2. The van der Waals surface area contributed by atoms with Crippen molar-refractivity contribution in [1.29, 1.82) is 0 Å². The molecule has 0 fully saturated rings. The van der Waals surface area contributed by atoms with Crippen molar-refractivity contribution in [3.05, 3.63) is 0 Å². The fourth-order valence-electron chi connectivity index (χ4n) is 2.72. The van der Waals surface area contributed by atoms with E-state index in [1.807, 2.05) is 0 Å². The fourth-order valence-corrected chi connectivity index (χ4v) is 2.72. The maximum Gasteiger partial charge on any atom is 0.0870 e. The Morgan fingerprint density at radius 2 is 0.808 bits per heavy atom. The molecule has 0 aliphatic rings. The van der Waals surface area contributed by atoms with Crippen LogP contribution < -0.4 is 15.9 Å². The van der Waals surface area contributed by atoms with E-state index < -0.39 is 11.9 Å². The molecule has 26 heavy (non-hydrogen) atoms. The van der Waals surface area contributed by atoms with Crippen molar-refractivity contribution in [3.8, 4) is 0 Å². The first-order valence-electron chi connectivity index (χ1n) is 10.3. The van der Waals surface area contributed by atoms with Gasteiger partial charge < -0.3 is 25.5 Å². The summed E-state index contributed by atoms with van der Waals surface area (Å²) in [5.41, 5.74) is 3.89. The number of carbonyl (C=O) groups excluding carboxylic acids is 2. The summed E-state index contributed by atoms with van der Waals surface area (Å²) in [7, 11) is 0. The van der Waals surface area contributed by atoms with E-state index in [1.54, 1.807) is 0 Å². The van der Waals surface area contributed by atoms with Crippen molar-refractivity contribution < 1.29 is 47.3 Å². The average molecular weight is 406 g/mol. The van der Waals surface area contributed by atoms with E-state index in [2.05, 4.69) is 12.7 Å². The quantitative estimate of drug-likeness (QED) is 0.240. The van der Waals surface area contributed by atoms with Crippen LogP contribution in [0.1, 0.15) is 110 Å². The van der Waals surface area contributed by atoms with E-state index >= 15 is 0 Å². The van der Waals surface area contributed by atoms with E-state index in [0.717, 1.165) is 6.54 Å². The Bertz CT molecular complexity index is 274. The van der Waals surface area contributed by atoms with E-state index in [0.29, 0.717) is 0 Å². The van der Waals surface area contributed by atoms with Gasteiger partial charge in [0.25, 0.3) is 0 Å². The molecule has 0 rings (SSSR count). The SMILES string of the molecule is CCCCCCCCCCCCCCCCCC[NH3+].O=C([O-])C(=O)[O-].[Ti]. The minimum absolute atomic E-state index is 0. The van der Waals surface area contributed by atoms with Crippen molar-refractivity contribution in [2.45, 2.75) is 110 Å². The molecule has 154 valence electrons. The van der Waals surface area contributed by atoms with Crippen LogP contribution in [0.15, 0.2) is 0 Å². The van der Waals surface area contributed by atoms with Gasteiger partial charge in [-0.05, 0) is 12.8 Å². The number of rotatable bonds is 16. The molecule has 0 aliphatic carbocycles. The molecule has 0 bridgehead atoms. The molecule has 6 heteroatoms. The Morgan fingerprint density at radius 1 is 0.577 bits per heavy atom. The smallest absolute Gasteiger partial charge is 0.0870 e. The first-order chi connectivity index (χ1) is 12.1. The molecule has 0 heterocycles. The molecule has 0 spiro atoms. The van der Waals surface area contributed by atoms with E-state index in [4.69, 9.17) is 19.8 Å². The maximum absolute atomic E-state index is 8.93.